The van der Waals surface area contributed by atoms with E-state index in [2.05, 4.69) is 42.5 Å². The number of ether oxygens (including phenoxy) is 1. The predicted octanol–water partition coefficient (Wildman–Crippen LogP) is 4.00. The molecule has 2 bridgehead atoms. The number of halogens is 1. The fraction of sp³-hybridized carbons (Fsp3) is 0.353. The fourth-order valence-electron chi connectivity index (χ4n) is 5.62. The third-order valence-corrected chi connectivity index (χ3v) is 8.54. The molecule has 0 unspecified atom stereocenters. The van der Waals surface area contributed by atoms with Gasteiger partial charge in [-0.15, -0.1) is 5.10 Å². The zero-order valence-electron chi connectivity index (χ0n) is 28.7. The highest BCUT2D eigenvalue weighted by Crippen LogP contribution is 2.35. The van der Waals surface area contributed by atoms with Crippen LogP contribution in [0.25, 0.3) is 23.0 Å². The van der Waals surface area contributed by atoms with E-state index in [-0.39, 0.29) is 11.6 Å². The second-order valence-electron chi connectivity index (χ2n) is 12.2. The number of nitrogens with zero attached hydrogens (tertiary/aromatic N) is 8. The van der Waals surface area contributed by atoms with Crippen LogP contribution in [0, 0.1) is 11.3 Å². The Morgan fingerprint density at radius 2 is 1.94 bits per heavy atom. The second kappa shape index (κ2) is 16.7. The number of anilines is 2. The Bertz CT molecular complexity index is 1940. The first-order valence-electron chi connectivity index (χ1n) is 16.2. The summed E-state index contributed by atoms with van der Waals surface area (Å²) in [4.78, 5) is 50.9. The molecule has 0 fully saturated rings. The van der Waals surface area contributed by atoms with Crippen LogP contribution < -0.4 is 16.0 Å². The number of aromatic amines is 1. The van der Waals surface area contributed by atoms with Crippen molar-refractivity contribution >= 4 is 47.0 Å². The lowest BCUT2D eigenvalue weighted by Gasteiger charge is -2.27. The van der Waals surface area contributed by atoms with Gasteiger partial charge in [0, 0.05) is 53.7 Å². The van der Waals surface area contributed by atoms with E-state index in [4.69, 9.17) is 21.3 Å². The van der Waals surface area contributed by atoms with Gasteiger partial charge in [-0.05, 0) is 79.8 Å². The molecule has 51 heavy (non-hydrogen) atoms. The molecule has 2 atom stereocenters. The van der Waals surface area contributed by atoms with Crippen molar-refractivity contribution in [3.05, 3.63) is 70.9 Å². The Balaban J connectivity index is 1.48. The smallest absolute Gasteiger partial charge is 0.411 e. The van der Waals surface area contributed by atoms with E-state index >= 15 is 0 Å². The molecule has 5 rings (SSSR count). The number of carbonyl (C=O) groups excluding carboxylic acids is 3. The largest absolute Gasteiger partial charge is 0.453 e. The summed E-state index contributed by atoms with van der Waals surface area (Å²) in [6, 6.07) is 11.2. The number of benzene rings is 2. The number of aromatic nitrogens is 6. The van der Waals surface area contributed by atoms with Crippen molar-refractivity contribution < 1.29 is 19.1 Å². The van der Waals surface area contributed by atoms with Crippen molar-refractivity contribution in [3.63, 3.8) is 0 Å². The maximum absolute atomic E-state index is 13.8. The van der Waals surface area contributed by atoms with Crippen LogP contribution >= 0.6 is 11.6 Å². The first-order valence-corrected chi connectivity index (χ1v) is 16.6. The second-order valence-corrected chi connectivity index (χ2v) is 12.7. The van der Waals surface area contributed by atoms with E-state index in [9.17, 15) is 19.6 Å². The molecule has 0 aliphatic carbocycles. The van der Waals surface area contributed by atoms with Crippen LogP contribution in [0.3, 0.4) is 0 Å². The summed E-state index contributed by atoms with van der Waals surface area (Å²) in [7, 11) is 6.92. The average molecular weight is 715 g/mol. The van der Waals surface area contributed by atoms with Crippen LogP contribution in [-0.4, -0.2) is 105 Å². The van der Waals surface area contributed by atoms with E-state index in [1.807, 2.05) is 19.0 Å². The first kappa shape index (κ1) is 36.5. The number of methoxy groups -OCH3 is 1. The highest BCUT2D eigenvalue weighted by molar-refractivity contribution is 6.30. The lowest BCUT2D eigenvalue weighted by molar-refractivity contribution is -0.131. The molecule has 17 heteroatoms. The molecule has 4 aromatic rings. The summed E-state index contributed by atoms with van der Waals surface area (Å²) in [6.45, 7) is 1.21. The van der Waals surface area contributed by atoms with E-state index in [1.165, 1.54) is 24.2 Å². The van der Waals surface area contributed by atoms with Gasteiger partial charge in [-0.1, -0.05) is 24.4 Å². The Morgan fingerprint density at radius 1 is 1.14 bits per heavy atom. The lowest BCUT2D eigenvalue weighted by Crippen LogP contribution is -2.43. The molecule has 3 heterocycles. The molecular weight excluding hydrogens is 676 g/mol. The van der Waals surface area contributed by atoms with Gasteiger partial charge in [0.1, 0.15) is 35.7 Å². The summed E-state index contributed by atoms with van der Waals surface area (Å²) < 4.78 is 6.24. The summed E-state index contributed by atoms with van der Waals surface area (Å²) in [5.74, 6) is -0.103. The summed E-state index contributed by atoms with van der Waals surface area (Å²) in [5, 5.41) is 31.0. The number of tetrazole rings is 1. The highest BCUT2D eigenvalue weighted by Gasteiger charge is 2.27. The molecule has 0 saturated carbocycles. The van der Waals surface area contributed by atoms with Gasteiger partial charge in [0.15, 0.2) is 0 Å². The van der Waals surface area contributed by atoms with Crippen LogP contribution in [0.1, 0.15) is 48.8 Å². The first-order chi connectivity index (χ1) is 24.6. The average Bonchev–Trinajstić information content (AvgIpc) is 3.81. The number of likely N-dealkylation sites (N-methyl/N-ethyl adjacent to an activating group) is 2. The maximum atomic E-state index is 13.8. The molecule has 0 radical (unpaired) electrons. The normalized spacial score (nSPS) is 15.9. The molecule has 16 nitrogen and oxygen atoms in total. The van der Waals surface area contributed by atoms with Crippen molar-refractivity contribution in [2.75, 3.05) is 52.0 Å². The van der Waals surface area contributed by atoms with Gasteiger partial charge in [0.25, 0.3) is 0 Å². The van der Waals surface area contributed by atoms with E-state index < -0.39 is 24.1 Å². The number of nitriles is 1. The molecule has 3 amide bonds. The fourth-order valence-corrected chi connectivity index (χ4v) is 5.80. The highest BCUT2D eigenvalue weighted by atomic mass is 35.5. The molecular formula is C34H39ClN12O4. The van der Waals surface area contributed by atoms with Crippen LogP contribution in [0.2, 0.25) is 5.02 Å². The zero-order valence-corrected chi connectivity index (χ0v) is 29.4. The molecule has 4 N–H and O–H groups in total. The Morgan fingerprint density at radius 3 is 2.67 bits per heavy atom. The van der Waals surface area contributed by atoms with Crippen molar-refractivity contribution in [2.24, 2.45) is 0 Å². The van der Waals surface area contributed by atoms with Gasteiger partial charge >= 0.3 is 6.09 Å². The summed E-state index contributed by atoms with van der Waals surface area (Å²) in [5.41, 5.74) is 3.18. The number of H-pyrrole nitrogens is 1. The standard InChI is InChI=1S/C34H39ClN12O4/c1-45(2)15-16-46(3)33(49)26-8-6-5-7-25(40-30(48)14-9-21-17-22(35)10-13-29(21)47-20-37-43-44-47)32-41-28(19-36)31(42-32)24-12-11-23(18-27(24)39-26)38-34(50)51-4/h9-14,17-18,20,25-26,39H,5-8,15-16H2,1-4H3,(H,38,50)(H,40,48)(H,41,42)/b14-9+/t25-,26+/m0/s1. The van der Waals surface area contributed by atoms with Gasteiger partial charge < -0.3 is 30.2 Å². The van der Waals surface area contributed by atoms with Crippen LogP contribution in [-0.2, 0) is 14.3 Å². The molecule has 1 aliphatic heterocycles. The lowest BCUT2D eigenvalue weighted by atomic mass is 10.0. The van der Waals surface area contributed by atoms with E-state index in [0.717, 1.165) is 0 Å². The van der Waals surface area contributed by atoms with Crippen molar-refractivity contribution in [1.82, 2.24) is 45.3 Å². The number of hydrogen-bond donors (Lipinski definition) is 4. The minimum atomic E-state index is -0.659. The number of hydrogen-bond acceptors (Lipinski definition) is 11. The van der Waals surface area contributed by atoms with Gasteiger partial charge in [0.2, 0.25) is 11.8 Å². The molecule has 0 saturated heterocycles. The topological polar surface area (TPSA) is 199 Å². The SMILES string of the molecule is COC(=O)Nc1ccc2c(c1)N[C@@H](C(=O)N(C)CCN(C)C)CCCC[C@H](NC(=O)/C=C/c1cc(Cl)ccc1-n1cnnn1)c1nc-2c(C#N)[nH]1. The summed E-state index contributed by atoms with van der Waals surface area (Å²) >= 11 is 6.25. The van der Waals surface area contributed by atoms with Crippen molar-refractivity contribution in [1.29, 1.82) is 5.26 Å². The monoisotopic (exact) mass is 714 g/mol. The van der Waals surface area contributed by atoms with Crippen molar-refractivity contribution in [3.8, 4) is 23.0 Å². The zero-order chi connectivity index (χ0) is 36.5. The molecule has 1 aliphatic rings. The van der Waals surface area contributed by atoms with Crippen LogP contribution in [0.15, 0.2) is 48.8 Å². The van der Waals surface area contributed by atoms with Gasteiger partial charge in [-0.3, -0.25) is 14.9 Å². The Hall–Kier alpha value is -5.79. The van der Waals surface area contributed by atoms with Crippen LogP contribution in [0.5, 0.6) is 0 Å². The third-order valence-electron chi connectivity index (χ3n) is 8.31. The number of nitrogens with one attached hydrogen (secondary N) is 4. The van der Waals surface area contributed by atoms with Crippen LogP contribution in [0.4, 0.5) is 16.2 Å². The predicted molar refractivity (Wildman–Crippen MR) is 191 cm³/mol. The third kappa shape index (κ3) is 9.26. The molecule has 2 aromatic heterocycles. The number of imidazole rings is 1. The Labute approximate surface area is 299 Å². The number of rotatable bonds is 9. The van der Waals surface area contributed by atoms with Gasteiger partial charge in [-0.2, -0.15) is 9.94 Å². The van der Waals surface area contributed by atoms with E-state index in [0.29, 0.717) is 83.5 Å². The number of fused-ring (bicyclic) bond motifs is 4. The van der Waals surface area contributed by atoms with Crippen molar-refractivity contribution in [2.45, 2.75) is 37.8 Å². The minimum absolute atomic E-state index is 0.105. The molecule has 2 aromatic carbocycles. The minimum Gasteiger partial charge on any atom is -0.453 e. The Kier molecular flexibility index (Phi) is 12.0. The van der Waals surface area contributed by atoms with Gasteiger partial charge in [-0.25, -0.2) is 9.78 Å². The number of carbonyl (C=O) groups is 3. The quantitative estimate of drug-likeness (QED) is 0.183. The molecule has 0 spiro atoms. The maximum Gasteiger partial charge on any atom is 0.411 e. The van der Waals surface area contributed by atoms with Gasteiger partial charge in [0.05, 0.1) is 18.8 Å². The number of amides is 3. The summed E-state index contributed by atoms with van der Waals surface area (Å²) in [6.07, 6.45) is 6.03. The molecule has 266 valence electrons. The van der Waals surface area contributed by atoms with E-state index in [1.54, 1.807) is 54.4 Å².